The molecular formula is CH2O2Sn. The van der Waals surface area contributed by atoms with E-state index < -0.39 is 0 Å². The van der Waals surface area contributed by atoms with E-state index >= 15 is 0 Å². The van der Waals surface area contributed by atoms with Crippen LogP contribution in [0.5, 0.6) is 0 Å². The van der Waals surface area contributed by atoms with Gasteiger partial charge in [-0.15, -0.1) is 0 Å². The molecule has 0 saturated heterocycles. The molecule has 0 bridgehead atoms. The molecule has 4 heavy (non-hydrogen) atoms. The van der Waals surface area contributed by atoms with Gasteiger partial charge in [0.05, 0.1) is 0 Å². The summed E-state index contributed by atoms with van der Waals surface area (Å²) in [7, 11) is 0. The van der Waals surface area contributed by atoms with Gasteiger partial charge in [-0.05, 0) is 0 Å². The van der Waals surface area contributed by atoms with Crippen LogP contribution in [-0.4, -0.2) is 29.4 Å². The average Bonchev–Trinajstić information content (AvgIpc) is 1.37. The standard InChI is InChI=1S/CH2O2.Sn.H/c2-1-3;;/h1H,(H,2,3);;/q;+1;/p-1. The first-order chi connectivity index (χ1) is 1.91. The first-order valence-electron chi connectivity index (χ1n) is 0.707. The van der Waals surface area contributed by atoms with E-state index in [1.54, 1.807) is 0 Å². The normalized spacial score (nSPS) is 5.25. The molecule has 0 unspecified atom stereocenters. The third-order valence-electron chi connectivity index (χ3n) is 0.0556. The zero-order valence-corrected chi connectivity index (χ0v) is 5.27. The Kier molecular flexibility index (Phi) is 3.49. The Morgan fingerprint density at radius 1 is 2.00 bits per heavy atom. The van der Waals surface area contributed by atoms with Gasteiger partial charge in [-0.1, -0.05) is 0 Å². The van der Waals surface area contributed by atoms with Gasteiger partial charge in [0.1, 0.15) is 0 Å². The summed E-state index contributed by atoms with van der Waals surface area (Å²) < 4.78 is 3.99. The Morgan fingerprint density at radius 3 is 2.25 bits per heavy atom. The SMILES string of the molecule is O=C[O][SnH]. The molecule has 0 fully saturated rings. The van der Waals surface area contributed by atoms with Crippen molar-refractivity contribution in [3.05, 3.63) is 0 Å². The summed E-state index contributed by atoms with van der Waals surface area (Å²) >= 11 is 0.572. The van der Waals surface area contributed by atoms with Crippen LogP contribution in [0.2, 0.25) is 0 Å². The number of rotatable bonds is 1. The van der Waals surface area contributed by atoms with E-state index in [2.05, 4.69) is 3.07 Å². The van der Waals surface area contributed by atoms with Crippen molar-refractivity contribution in [1.82, 2.24) is 0 Å². The van der Waals surface area contributed by atoms with Crippen molar-refractivity contribution in [2.75, 3.05) is 0 Å². The summed E-state index contributed by atoms with van der Waals surface area (Å²) in [5.41, 5.74) is 0. The molecule has 0 spiro atoms. The predicted molar refractivity (Wildman–Crippen MR) is 14.3 cm³/mol. The molecule has 0 aromatic rings. The first kappa shape index (κ1) is 4.27. The second-order valence-corrected chi connectivity index (χ2v) is 1.01. The van der Waals surface area contributed by atoms with Crippen LogP contribution in [0, 0.1) is 0 Å². The first-order valence-corrected chi connectivity index (χ1v) is 2.05. The Labute approximate surface area is 37.8 Å². The number of hydrogen-bond donors (Lipinski definition) is 0. The number of carbonyl (C=O) groups is 1. The molecule has 3 heteroatoms. The minimum absolute atomic E-state index is 0.433. The van der Waals surface area contributed by atoms with Crippen molar-refractivity contribution in [3.8, 4) is 0 Å². The van der Waals surface area contributed by atoms with Crippen molar-refractivity contribution in [2.24, 2.45) is 0 Å². The maximum absolute atomic E-state index is 8.98. The molecule has 0 aliphatic heterocycles. The van der Waals surface area contributed by atoms with Gasteiger partial charge in [-0.2, -0.15) is 0 Å². The Bertz CT molecular complexity index is 20.0. The van der Waals surface area contributed by atoms with Gasteiger partial charge in [-0.25, -0.2) is 0 Å². The third-order valence-corrected chi connectivity index (χ3v) is 0.373. The van der Waals surface area contributed by atoms with E-state index in [0.29, 0.717) is 29.4 Å². The van der Waals surface area contributed by atoms with Crippen molar-refractivity contribution < 1.29 is 7.87 Å². The molecule has 0 aliphatic rings. The van der Waals surface area contributed by atoms with Gasteiger partial charge in [0, 0.05) is 0 Å². The van der Waals surface area contributed by atoms with E-state index in [-0.39, 0.29) is 0 Å². The molecule has 0 heterocycles. The molecule has 0 aliphatic carbocycles. The Balaban J connectivity index is 2.30. The second-order valence-electron chi connectivity index (χ2n) is 0.232. The van der Waals surface area contributed by atoms with Crippen molar-refractivity contribution >= 4 is 29.4 Å². The second kappa shape index (κ2) is 3.27. The fraction of sp³-hybridized carbons (Fsp3) is 0. The quantitative estimate of drug-likeness (QED) is 0.366. The summed E-state index contributed by atoms with van der Waals surface area (Å²) in [6.07, 6.45) is 0. The molecule has 2 nitrogen and oxygen atoms in total. The maximum atomic E-state index is 8.98. The molecule has 0 aromatic heterocycles. The van der Waals surface area contributed by atoms with Gasteiger partial charge in [-0.3, -0.25) is 0 Å². The molecule has 2 radical (unpaired) electrons. The van der Waals surface area contributed by atoms with E-state index in [1.165, 1.54) is 0 Å². The van der Waals surface area contributed by atoms with Gasteiger partial charge >= 0.3 is 37.3 Å². The van der Waals surface area contributed by atoms with Gasteiger partial charge in [0.25, 0.3) is 0 Å². The molecule has 0 aromatic carbocycles. The molecule has 22 valence electrons. The fourth-order valence-corrected chi connectivity index (χ4v) is 0. The van der Waals surface area contributed by atoms with Crippen LogP contribution in [0.15, 0.2) is 0 Å². The molecule has 0 amide bonds. The van der Waals surface area contributed by atoms with Crippen molar-refractivity contribution in [1.29, 1.82) is 0 Å². The van der Waals surface area contributed by atoms with Crippen LogP contribution >= 0.6 is 0 Å². The number of hydrogen-bond acceptors (Lipinski definition) is 2. The Morgan fingerprint density at radius 2 is 2.25 bits per heavy atom. The Hall–Kier alpha value is 0.269. The summed E-state index contributed by atoms with van der Waals surface area (Å²) in [6.45, 7) is 0.433. The van der Waals surface area contributed by atoms with Crippen molar-refractivity contribution in [2.45, 2.75) is 0 Å². The van der Waals surface area contributed by atoms with Crippen LogP contribution in [0.1, 0.15) is 0 Å². The van der Waals surface area contributed by atoms with Crippen LogP contribution in [0.3, 0.4) is 0 Å². The zero-order valence-electron chi connectivity index (χ0n) is 1.97. The predicted octanol–water partition coefficient (Wildman–Crippen LogP) is -1.02. The molecular weight excluding hydrogens is 163 g/mol. The van der Waals surface area contributed by atoms with Crippen LogP contribution < -0.4 is 0 Å². The summed E-state index contributed by atoms with van der Waals surface area (Å²) in [6, 6.07) is 0. The van der Waals surface area contributed by atoms with Gasteiger partial charge in [0.2, 0.25) is 0 Å². The number of carbonyl (C=O) groups excluding carboxylic acids is 1. The topological polar surface area (TPSA) is 26.3 Å². The molecule has 0 rings (SSSR count). The minimum atomic E-state index is 0.433. The van der Waals surface area contributed by atoms with Crippen molar-refractivity contribution in [3.63, 3.8) is 0 Å². The zero-order chi connectivity index (χ0) is 3.41. The fourth-order valence-electron chi connectivity index (χ4n) is 0. The van der Waals surface area contributed by atoms with Gasteiger partial charge < -0.3 is 0 Å². The molecule has 0 saturated carbocycles. The monoisotopic (exact) mass is 166 g/mol. The van der Waals surface area contributed by atoms with E-state index in [4.69, 9.17) is 4.79 Å². The molecule has 0 atom stereocenters. The van der Waals surface area contributed by atoms with Gasteiger partial charge in [0.15, 0.2) is 0 Å². The van der Waals surface area contributed by atoms with E-state index in [9.17, 15) is 0 Å². The summed E-state index contributed by atoms with van der Waals surface area (Å²) in [5, 5.41) is 0. The van der Waals surface area contributed by atoms with Crippen LogP contribution in [0.25, 0.3) is 0 Å². The third kappa shape index (κ3) is 2.27. The van der Waals surface area contributed by atoms with E-state index in [0.717, 1.165) is 0 Å². The van der Waals surface area contributed by atoms with E-state index in [1.807, 2.05) is 0 Å². The molecule has 0 N–H and O–H groups in total. The average molecular weight is 165 g/mol. The van der Waals surface area contributed by atoms with Crippen LogP contribution in [-0.2, 0) is 7.87 Å². The summed E-state index contributed by atoms with van der Waals surface area (Å²) in [4.78, 5) is 8.98. The summed E-state index contributed by atoms with van der Waals surface area (Å²) in [5.74, 6) is 0. The van der Waals surface area contributed by atoms with Crippen LogP contribution in [0.4, 0.5) is 0 Å².